The molecule has 2 heteroatoms. The molecule has 0 unspecified atom stereocenters. The van der Waals surface area contributed by atoms with E-state index in [1.54, 1.807) is 6.20 Å². The van der Waals surface area contributed by atoms with Gasteiger partial charge in [0, 0.05) is 0 Å². The molecule has 1 nitrogen and oxygen atoms in total. The lowest BCUT2D eigenvalue weighted by Gasteiger charge is -1.81. The molecule has 0 radical (unpaired) electrons. The molecule has 0 aromatic rings. The summed E-state index contributed by atoms with van der Waals surface area (Å²) in [4.78, 5) is 0. The van der Waals surface area contributed by atoms with Crippen molar-refractivity contribution in [1.29, 1.82) is 0 Å². The molecule has 0 saturated heterocycles. The molecule has 1 N–H and O–H groups in total. The van der Waals surface area contributed by atoms with Crippen molar-refractivity contribution in [2.24, 2.45) is 0 Å². The zero-order valence-corrected chi connectivity index (χ0v) is 3.63. The van der Waals surface area contributed by atoms with Crippen LogP contribution in [0.2, 0.25) is 0 Å². The maximum atomic E-state index is 5.12. The van der Waals surface area contributed by atoms with Gasteiger partial charge in [0.05, 0.1) is 6.00 Å². The lowest BCUT2D eigenvalue weighted by molar-refractivity contribution is 1.06. The van der Waals surface area contributed by atoms with Crippen molar-refractivity contribution < 1.29 is 0 Å². The number of alkyl halides is 1. The molecule has 0 amide bonds. The molecule has 0 heterocycles. The summed E-state index contributed by atoms with van der Waals surface area (Å²) in [6.07, 6.45) is 1.55. The zero-order valence-electron chi connectivity index (χ0n) is 2.87. The van der Waals surface area contributed by atoms with Crippen LogP contribution in [-0.4, -0.2) is 6.00 Å². The summed E-state index contributed by atoms with van der Waals surface area (Å²) in [6, 6.07) is 0.448. The van der Waals surface area contributed by atoms with E-state index < -0.39 is 0 Å². The molecule has 0 aliphatic heterocycles. The van der Waals surface area contributed by atoms with Crippen LogP contribution in [0.3, 0.4) is 0 Å². The Balaban J connectivity index is 2.40. The SMILES string of the molecule is C=CNCCl. The van der Waals surface area contributed by atoms with Gasteiger partial charge in [0.25, 0.3) is 0 Å². The van der Waals surface area contributed by atoms with Crippen molar-refractivity contribution >= 4 is 11.6 Å². The summed E-state index contributed by atoms with van der Waals surface area (Å²) < 4.78 is 0. The molecule has 0 fully saturated rings. The monoisotopic (exact) mass is 91.0 g/mol. The summed E-state index contributed by atoms with van der Waals surface area (Å²) in [5.74, 6) is 0. The molecule has 0 atom stereocenters. The second kappa shape index (κ2) is 3.83. The normalized spacial score (nSPS) is 6.60. The van der Waals surface area contributed by atoms with E-state index in [1.165, 1.54) is 0 Å². The first kappa shape index (κ1) is 4.83. The van der Waals surface area contributed by atoms with Crippen LogP contribution in [0.5, 0.6) is 0 Å². The number of nitrogens with one attached hydrogen (secondary N) is 1. The Morgan fingerprint density at radius 3 is 2.60 bits per heavy atom. The Labute approximate surface area is 36.6 Å². The Hall–Kier alpha value is -0.170. The Morgan fingerprint density at radius 1 is 2.00 bits per heavy atom. The molecular formula is C3H6ClN. The van der Waals surface area contributed by atoms with Crippen LogP contribution < -0.4 is 5.32 Å². The van der Waals surface area contributed by atoms with Gasteiger partial charge >= 0.3 is 0 Å². The highest BCUT2D eigenvalue weighted by atomic mass is 35.5. The quantitative estimate of drug-likeness (QED) is 0.394. The number of hydrogen-bond donors (Lipinski definition) is 1. The number of hydrogen-bond acceptors (Lipinski definition) is 1. The van der Waals surface area contributed by atoms with E-state index in [0.29, 0.717) is 6.00 Å². The van der Waals surface area contributed by atoms with Crippen LogP contribution >= 0.6 is 11.6 Å². The van der Waals surface area contributed by atoms with E-state index in [2.05, 4.69) is 11.9 Å². The van der Waals surface area contributed by atoms with E-state index in [9.17, 15) is 0 Å². The highest BCUT2D eigenvalue weighted by Crippen LogP contribution is 1.60. The minimum Gasteiger partial charge on any atom is -0.378 e. The van der Waals surface area contributed by atoms with Gasteiger partial charge < -0.3 is 5.32 Å². The lowest BCUT2D eigenvalue weighted by Crippen LogP contribution is -1.96. The molecule has 0 saturated carbocycles. The standard InChI is InChI=1S/C3H6ClN/c1-2-5-3-4/h2,5H,1,3H2. The van der Waals surface area contributed by atoms with Crippen LogP contribution in [-0.2, 0) is 0 Å². The molecule has 5 heavy (non-hydrogen) atoms. The van der Waals surface area contributed by atoms with Crippen LogP contribution in [0.1, 0.15) is 0 Å². The molecule has 0 aliphatic carbocycles. The van der Waals surface area contributed by atoms with Crippen molar-refractivity contribution in [1.82, 2.24) is 5.32 Å². The van der Waals surface area contributed by atoms with Crippen LogP contribution in [0.4, 0.5) is 0 Å². The van der Waals surface area contributed by atoms with E-state index in [4.69, 9.17) is 11.6 Å². The summed E-state index contributed by atoms with van der Waals surface area (Å²) in [5.41, 5.74) is 0. The third-order valence-corrected chi connectivity index (χ3v) is 0.376. The van der Waals surface area contributed by atoms with Gasteiger partial charge in [-0.1, -0.05) is 6.58 Å². The number of rotatable bonds is 2. The molecule has 0 aliphatic rings. The average molecular weight is 91.5 g/mol. The topological polar surface area (TPSA) is 12.0 Å². The van der Waals surface area contributed by atoms with Gasteiger partial charge in [-0.25, -0.2) is 0 Å². The second-order valence-electron chi connectivity index (χ2n) is 0.542. The van der Waals surface area contributed by atoms with Crippen molar-refractivity contribution in [3.05, 3.63) is 12.8 Å². The lowest BCUT2D eigenvalue weighted by atomic mass is 11.0. The van der Waals surface area contributed by atoms with Gasteiger partial charge in [0.15, 0.2) is 0 Å². The molecular weight excluding hydrogens is 85.5 g/mol. The smallest absolute Gasteiger partial charge is 0.0897 e. The van der Waals surface area contributed by atoms with E-state index in [1.807, 2.05) is 0 Å². The minimum atomic E-state index is 0.448. The van der Waals surface area contributed by atoms with Crippen molar-refractivity contribution in [3.63, 3.8) is 0 Å². The first-order valence-corrected chi connectivity index (χ1v) is 1.85. The van der Waals surface area contributed by atoms with E-state index in [0.717, 1.165) is 0 Å². The average Bonchev–Trinajstić information content (AvgIpc) is 1.41. The molecule has 0 spiro atoms. The molecule has 0 rings (SSSR count). The van der Waals surface area contributed by atoms with Gasteiger partial charge in [-0.3, -0.25) is 0 Å². The van der Waals surface area contributed by atoms with Gasteiger partial charge in [0.1, 0.15) is 0 Å². The molecule has 30 valence electrons. The van der Waals surface area contributed by atoms with Gasteiger partial charge in [-0.05, 0) is 6.20 Å². The fourth-order valence-electron chi connectivity index (χ4n) is 0.0546. The van der Waals surface area contributed by atoms with Crippen molar-refractivity contribution in [2.75, 3.05) is 6.00 Å². The first-order chi connectivity index (χ1) is 2.41. The third-order valence-electron chi connectivity index (χ3n) is 0.221. The minimum absolute atomic E-state index is 0.448. The zero-order chi connectivity index (χ0) is 4.12. The van der Waals surface area contributed by atoms with Crippen LogP contribution in [0.15, 0.2) is 12.8 Å². The summed E-state index contributed by atoms with van der Waals surface area (Å²) in [7, 11) is 0. The molecule has 0 aromatic carbocycles. The van der Waals surface area contributed by atoms with Crippen LogP contribution in [0, 0.1) is 0 Å². The Bertz CT molecular complexity index is 28.1. The Kier molecular flexibility index (Phi) is 3.70. The third kappa shape index (κ3) is 3.83. The highest BCUT2D eigenvalue weighted by molar-refractivity contribution is 6.17. The van der Waals surface area contributed by atoms with Gasteiger partial charge in [0.2, 0.25) is 0 Å². The molecule has 0 aromatic heterocycles. The van der Waals surface area contributed by atoms with Gasteiger partial charge in [-0.2, -0.15) is 0 Å². The number of halogens is 1. The predicted octanol–water partition coefficient (Wildman–Crippen LogP) is 0.916. The van der Waals surface area contributed by atoms with Crippen LogP contribution in [0.25, 0.3) is 0 Å². The Morgan fingerprint density at radius 2 is 2.60 bits per heavy atom. The van der Waals surface area contributed by atoms with E-state index in [-0.39, 0.29) is 0 Å². The maximum Gasteiger partial charge on any atom is 0.0897 e. The van der Waals surface area contributed by atoms with Crippen molar-refractivity contribution in [2.45, 2.75) is 0 Å². The van der Waals surface area contributed by atoms with Gasteiger partial charge in [-0.15, -0.1) is 11.6 Å². The fourth-order valence-corrected chi connectivity index (χ4v) is 0.164. The fraction of sp³-hybridized carbons (Fsp3) is 0.333. The molecule has 0 bridgehead atoms. The summed E-state index contributed by atoms with van der Waals surface area (Å²) in [6.45, 7) is 3.35. The highest BCUT2D eigenvalue weighted by Gasteiger charge is 1.56. The largest absolute Gasteiger partial charge is 0.378 e. The summed E-state index contributed by atoms with van der Waals surface area (Å²) in [5, 5.41) is 2.64. The van der Waals surface area contributed by atoms with E-state index >= 15 is 0 Å². The first-order valence-electron chi connectivity index (χ1n) is 1.32. The second-order valence-corrected chi connectivity index (χ2v) is 0.809. The summed E-state index contributed by atoms with van der Waals surface area (Å²) >= 11 is 5.12. The maximum absolute atomic E-state index is 5.12. The predicted molar refractivity (Wildman–Crippen MR) is 24.1 cm³/mol. The van der Waals surface area contributed by atoms with Crippen molar-refractivity contribution in [3.8, 4) is 0 Å².